The van der Waals surface area contributed by atoms with Gasteiger partial charge in [-0.05, 0) is 60.9 Å². The first-order valence-electron chi connectivity index (χ1n) is 9.81. The Balaban J connectivity index is 1.43. The second-order valence-corrected chi connectivity index (χ2v) is 9.03. The zero-order valence-corrected chi connectivity index (χ0v) is 16.7. The van der Waals surface area contributed by atoms with Crippen molar-refractivity contribution in [3.8, 4) is 16.5 Å². The van der Waals surface area contributed by atoms with Gasteiger partial charge in [-0.3, -0.25) is 9.59 Å². The van der Waals surface area contributed by atoms with Gasteiger partial charge in [0.25, 0.3) is 5.91 Å². The number of carbonyl (C=O) groups is 2. The Kier molecular flexibility index (Phi) is 5.48. The first-order chi connectivity index (χ1) is 13.9. The minimum absolute atomic E-state index is 0.0679. The summed E-state index contributed by atoms with van der Waals surface area (Å²) in [5.74, 6) is -1.02. The van der Waals surface area contributed by atoms with E-state index in [1.165, 1.54) is 17.4 Å². The first-order valence-corrected chi connectivity index (χ1v) is 10.6. The summed E-state index contributed by atoms with van der Waals surface area (Å²) in [5.41, 5.74) is 6.34. The molecule has 1 saturated carbocycles. The topological polar surface area (TPSA) is 96.0 Å². The van der Waals surface area contributed by atoms with Crippen LogP contribution in [0.4, 0.5) is 4.39 Å². The number of nitrogens with two attached hydrogens (primary N) is 1. The highest BCUT2D eigenvalue weighted by atomic mass is 32.1. The maximum Gasteiger partial charge on any atom is 0.258 e. The van der Waals surface area contributed by atoms with Crippen LogP contribution in [-0.4, -0.2) is 23.8 Å². The van der Waals surface area contributed by atoms with E-state index >= 15 is 0 Å². The number of benzene rings is 1. The number of ketones is 1. The van der Waals surface area contributed by atoms with E-state index < -0.39 is 17.6 Å². The van der Waals surface area contributed by atoms with E-state index in [1.54, 1.807) is 24.3 Å². The van der Waals surface area contributed by atoms with Gasteiger partial charge >= 0.3 is 0 Å². The molecule has 2 heterocycles. The zero-order valence-electron chi connectivity index (χ0n) is 15.9. The molecule has 3 N–H and O–H groups in total. The van der Waals surface area contributed by atoms with Crippen LogP contribution in [0, 0.1) is 29.0 Å². The number of piperidine rings is 1. The van der Waals surface area contributed by atoms with E-state index in [0.29, 0.717) is 28.0 Å². The van der Waals surface area contributed by atoms with Crippen molar-refractivity contribution in [2.24, 2.45) is 17.6 Å². The van der Waals surface area contributed by atoms with Gasteiger partial charge < -0.3 is 11.1 Å². The molecule has 0 spiro atoms. The summed E-state index contributed by atoms with van der Waals surface area (Å²) in [7, 11) is 0. The van der Waals surface area contributed by atoms with Crippen LogP contribution < -0.4 is 11.1 Å². The fourth-order valence-corrected chi connectivity index (χ4v) is 5.36. The molecular weight excluding hydrogens is 389 g/mol. The number of carbonyl (C=O) groups excluding carboxylic acids is 2. The largest absolute Gasteiger partial charge is 0.365 e. The molecule has 2 aromatic rings. The lowest BCUT2D eigenvalue weighted by atomic mass is 9.88. The van der Waals surface area contributed by atoms with Gasteiger partial charge in [0.15, 0.2) is 5.78 Å². The number of nitriles is 1. The molecule has 4 rings (SSSR count). The van der Waals surface area contributed by atoms with Crippen LogP contribution in [0.5, 0.6) is 0 Å². The molecule has 1 aliphatic heterocycles. The quantitative estimate of drug-likeness (QED) is 0.729. The number of rotatable bonds is 7. The lowest BCUT2D eigenvalue weighted by Gasteiger charge is -2.22. The minimum Gasteiger partial charge on any atom is -0.365 e. The summed E-state index contributed by atoms with van der Waals surface area (Å²) in [4.78, 5) is 25.0. The molecular formula is C22H22FN3O2S. The summed E-state index contributed by atoms with van der Waals surface area (Å²) in [6.45, 7) is 0. The van der Waals surface area contributed by atoms with Crippen LogP contribution in [0.2, 0.25) is 0 Å². The van der Waals surface area contributed by atoms with Crippen LogP contribution in [0.1, 0.15) is 40.9 Å². The third-order valence-electron chi connectivity index (χ3n) is 5.99. The third-order valence-corrected chi connectivity index (χ3v) is 7.14. The Hall–Kier alpha value is -2.56. The number of hydrogen-bond acceptors (Lipinski definition) is 5. The molecule has 2 aliphatic rings. The van der Waals surface area contributed by atoms with Gasteiger partial charge in [-0.15, -0.1) is 11.3 Å². The summed E-state index contributed by atoms with van der Waals surface area (Å²) in [6.07, 6.45) is 3.59. The Morgan fingerprint density at radius 2 is 2.14 bits per heavy atom. The lowest BCUT2D eigenvalue weighted by Crippen LogP contribution is -2.42. The van der Waals surface area contributed by atoms with Crippen molar-refractivity contribution in [3.63, 3.8) is 0 Å². The second kappa shape index (κ2) is 8.05. The van der Waals surface area contributed by atoms with E-state index in [4.69, 9.17) is 5.73 Å². The van der Waals surface area contributed by atoms with E-state index in [2.05, 4.69) is 11.4 Å². The smallest absolute Gasteiger partial charge is 0.258 e. The Labute approximate surface area is 172 Å². The minimum atomic E-state index is -0.549. The number of thiophene rings is 1. The molecule has 1 amide bonds. The van der Waals surface area contributed by atoms with Crippen molar-refractivity contribution in [2.75, 3.05) is 0 Å². The number of primary amides is 1. The highest BCUT2D eigenvalue weighted by molar-refractivity contribution is 7.17. The van der Waals surface area contributed by atoms with Gasteiger partial charge in [0, 0.05) is 17.3 Å². The Bertz CT molecular complexity index is 996. The van der Waals surface area contributed by atoms with Gasteiger partial charge in [0.05, 0.1) is 22.9 Å². The average Bonchev–Trinajstić information content (AvgIpc) is 3.45. The van der Waals surface area contributed by atoms with Crippen LogP contribution in [-0.2, 0) is 11.2 Å². The normalized spacial score (nSPS) is 23.7. The van der Waals surface area contributed by atoms with E-state index in [9.17, 15) is 19.2 Å². The summed E-state index contributed by atoms with van der Waals surface area (Å²) in [5, 5.41) is 12.9. The molecule has 0 radical (unpaired) electrons. The van der Waals surface area contributed by atoms with Crippen LogP contribution in [0.3, 0.4) is 0 Å². The number of nitrogens with one attached hydrogen (secondary N) is 1. The van der Waals surface area contributed by atoms with Gasteiger partial charge in [-0.25, -0.2) is 4.39 Å². The maximum absolute atomic E-state index is 14.7. The van der Waals surface area contributed by atoms with Gasteiger partial charge in [-0.2, -0.15) is 5.26 Å². The lowest BCUT2D eigenvalue weighted by molar-refractivity contribution is -0.122. The van der Waals surface area contributed by atoms with Crippen LogP contribution in [0.25, 0.3) is 10.4 Å². The number of fused-ring (bicyclic) bond motifs is 2. The van der Waals surface area contributed by atoms with Gasteiger partial charge in [0.1, 0.15) is 5.82 Å². The maximum atomic E-state index is 14.7. The zero-order chi connectivity index (χ0) is 20.5. The van der Waals surface area contributed by atoms with Crippen molar-refractivity contribution in [1.29, 1.82) is 5.26 Å². The molecule has 1 aromatic heterocycles. The SMILES string of the molecule is N#C[C@@H](CC(=O)[C@H]1N[C@@H]2CC[C@H]1C2)Cc1ccc(-c2ccc(C(N)=O)s2)cc1F. The number of halogens is 1. The Morgan fingerprint density at radius 1 is 1.31 bits per heavy atom. The standard InChI is InChI=1S/C22H22FN3O2S/c23-17-10-14(19-5-6-20(29-19)22(25)28)2-1-13(17)7-12(11-24)8-18(27)21-15-3-4-16(9-15)26-21/h1-2,5-6,10,12,15-16,21,26H,3-4,7-9H2,(H2,25,28)/t12-,15+,16-,21+/m1/s1. The molecule has 0 unspecified atom stereocenters. The predicted octanol–water partition coefficient (Wildman–Crippen LogP) is 3.44. The molecule has 5 nitrogen and oxygen atoms in total. The van der Waals surface area contributed by atoms with Crippen LogP contribution in [0.15, 0.2) is 30.3 Å². The average molecular weight is 412 g/mol. The van der Waals surface area contributed by atoms with Crippen LogP contribution >= 0.6 is 11.3 Å². The number of Topliss-reactive ketones (excluding diaryl/α,β-unsaturated/α-hetero) is 1. The molecule has 7 heteroatoms. The second-order valence-electron chi connectivity index (χ2n) is 7.95. The molecule has 1 saturated heterocycles. The number of hydrogen-bond donors (Lipinski definition) is 2. The Morgan fingerprint density at radius 3 is 2.72 bits per heavy atom. The molecule has 1 aromatic carbocycles. The highest BCUT2D eigenvalue weighted by Crippen LogP contribution is 2.36. The molecule has 29 heavy (non-hydrogen) atoms. The molecule has 1 aliphatic carbocycles. The monoisotopic (exact) mass is 411 g/mol. The van der Waals surface area contributed by atoms with E-state index in [0.717, 1.165) is 24.1 Å². The van der Waals surface area contributed by atoms with Crippen molar-refractivity contribution in [2.45, 2.75) is 44.2 Å². The van der Waals surface area contributed by atoms with Crippen molar-refractivity contribution in [1.82, 2.24) is 5.32 Å². The van der Waals surface area contributed by atoms with Gasteiger partial charge in [0.2, 0.25) is 0 Å². The van der Waals surface area contributed by atoms with E-state index in [-0.39, 0.29) is 24.7 Å². The molecule has 2 bridgehead atoms. The summed E-state index contributed by atoms with van der Waals surface area (Å²) in [6, 6.07) is 10.6. The number of nitrogens with zero attached hydrogens (tertiary/aromatic N) is 1. The van der Waals surface area contributed by atoms with Crippen molar-refractivity contribution < 1.29 is 14.0 Å². The summed E-state index contributed by atoms with van der Waals surface area (Å²) < 4.78 is 14.7. The highest BCUT2D eigenvalue weighted by Gasteiger charge is 2.42. The van der Waals surface area contributed by atoms with Crippen molar-refractivity contribution in [3.05, 3.63) is 46.6 Å². The molecule has 2 fully saturated rings. The predicted molar refractivity (Wildman–Crippen MR) is 109 cm³/mol. The van der Waals surface area contributed by atoms with E-state index in [1.807, 2.05) is 0 Å². The first kappa shape index (κ1) is 19.7. The fourth-order valence-electron chi connectivity index (χ4n) is 4.51. The fraction of sp³-hybridized carbons (Fsp3) is 0.409. The third kappa shape index (κ3) is 4.09. The molecule has 4 atom stereocenters. The molecule has 150 valence electrons. The van der Waals surface area contributed by atoms with Crippen molar-refractivity contribution >= 4 is 23.0 Å². The summed E-state index contributed by atoms with van der Waals surface area (Å²) >= 11 is 1.21. The number of amides is 1. The van der Waals surface area contributed by atoms with Gasteiger partial charge in [-0.1, -0.05) is 12.1 Å².